The first-order chi connectivity index (χ1) is 7.95. The zero-order valence-corrected chi connectivity index (χ0v) is 11.2. The van der Waals surface area contributed by atoms with Crippen molar-refractivity contribution in [3.8, 4) is 11.5 Å². The number of carbonyl (C=O) groups excluding carboxylic acids is 1. The van der Waals surface area contributed by atoms with Crippen LogP contribution in [0, 0.1) is 0 Å². The number of hydrogen-bond acceptors (Lipinski definition) is 4. The number of nitrogens with one attached hydrogen (secondary N) is 1. The Balaban J connectivity index is 2.79. The number of phenolic OH excluding ortho intramolecular Hbond substituents is 1. The molecule has 1 unspecified atom stereocenters. The lowest BCUT2D eigenvalue weighted by Gasteiger charge is -2.12. The molecule has 1 aromatic rings. The van der Waals surface area contributed by atoms with Gasteiger partial charge in [0.2, 0.25) is 5.91 Å². The summed E-state index contributed by atoms with van der Waals surface area (Å²) in [6.07, 6.45) is 0. The first-order valence-corrected chi connectivity index (χ1v) is 5.83. The van der Waals surface area contributed by atoms with E-state index in [0.717, 1.165) is 5.56 Å². The van der Waals surface area contributed by atoms with E-state index in [9.17, 15) is 9.90 Å². The van der Waals surface area contributed by atoms with Gasteiger partial charge in [-0.15, -0.1) is 0 Å². The van der Waals surface area contributed by atoms with E-state index in [2.05, 4.69) is 21.2 Å². The van der Waals surface area contributed by atoms with E-state index in [-0.39, 0.29) is 5.75 Å². The third-order valence-electron chi connectivity index (χ3n) is 2.35. The minimum Gasteiger partial charge on any atom is -0.503 e. The molecule has 4 N–H and O–H groups in total. The zero-order valence-electron chi connectivity index (χ0n) is 9.66. The quantitative estimate of drug-likeness (QED) is 0.761. The zero-order chi connectivity index (χ0) is 13.0. The van der Waals surface area contributed by atoms with Crippen LogP contribution in [0.2, 0.25) is 0 Å². The number of hydrogen-bond donors (Lipinski definition) is 3. The number of carbonyl (C=O) groups is 1. The fraction of sp³-hybridized carbons (Fsp3) is 0.364. The highest BCUT2D eigenvalue weighted by Crippen LogP contribution is 2.35. The third kappa shape index (κ3) is 3.61. The molecule has 94 valence electrons. The highest BCUT2D eigenvalue weighted by atomic mass is 79.9. The Morgan fingerprint density at radius 1 is 1.65 bits per heavy atom. The first-order valence-electron chi connectivity index (χ1n) is 5.03. The number of primary amides is 1. The van der Waals surface area contributed by atoms with Crippen molar-refractivity contribution >= 4 is 21.8 Å². The lowest BCUT2D eigenvalue weighted by atomic mass is 10.2. The SMILES string of the molecule is COc1cc(CNC(C)C(N)=O)cc(Br)c1O. The molecule has 1 atom stereocenters. The summed E-state index contributed by atoms with van der Waals surface area (Å²) in [5, 5.41) is 12.6. The standard InChI is InChI=1S/C11H15BrN2O3/c1-6(11(13)16)14-5-7-3-8(12)10(15)9(4-7)17-2/h3-4,6,14-15H,5H2,1-2H3,(H2,13,16). The number of aromatic hydroxyl groups is 1. The second-order valence-corrected chi connectivity index (χ2v) is 4.49. The summed E-state index contributed by atoms with van der Waals surface area (Å²) in [5.41, 5.74) is 6.01. The highest BCUT2D eigenvalue weighted by Gasteiger charge is 2.11. The molecule has 1 aromatic carbocycles. The summed E-state index contributed by atoms with van der Waals surface area (Å²) in [5.74, 6) is 0.0249. The molecule has 0 saturated carbocycles. The molecule has 0 aromatic heterocycles. The minimum absolute atomic E-state index is 0.0548. The topological polar surface area (TPSA) is 84.6 Å². The predicted octanol–water partition coefficient (Wildman–Crippen LogP) is 1.13. The summed E-state index contributed by atoms with van der Waals surface area (Å²) >= 11 is 3.22. The van der Waals surface area contributed by atoms with Crippen LogP contribution in [0.4, 0.5) is 0 Å². The van der Waals surface area contributed by atoms with Crippen molar-refractivity contribution in [1.29, 1.82) is 0 Å². The van der Waals surface area contributed by atoms with Gasteiger partial charge in [0.25, 0.3) is 0 Å². The Labute approximate surface area is 108 Å². The molecule has 1 rings (SSSR count). The van der Waals surface area contributed by atoms with Crippen LogP contribution in [-0.4, -0.2) is 24.2 Å². The Morgan fingerprint density at radius 3 is 2.82 bits per heavy atom. The average Bonchev–Trinajstić information content (AvgIpc) is 2.29. The summed E-state index contributed by atoms with van der Waals surface area (Å²) < 4.78 is 5.56. The largest absolute Gasteiger partial charge is 0.503 e. The fourth-order valence-corrected chi connectivity index (χ4v) is 1.75. The second kappa shape index (κ2) is 5.88. The van der Waals surface area contributed by atoms with Gasteiger partial charge in [-0.25, -0.2) is 0 Å². The monoisotopic (exact) mass is 302 g/mol. The minimum atomic E-state index is -0.409. The van der Waals surface area contributed by atoms with Crippen molar-refractivity contribution in [3.05, 3.63) is 22.2 Å². The van der Waals surface area contributed by atoms with Gasteiger partial charge >= 0.3 is 0 Å². The number of amides is 1. The number of rotatable bonds is 5. The van der Waals surface area contributed by atoms with Crippen molar-refractivity contribution < 1.29 is 14.6 Å². The van der Waals surface area contributed by atoms with Crippen molar-refractivity contribution in [2.24, 2.45) is 5.73 Å². The summed E-state index contributed by atoms with van der Waals surface area (Å²) in [4.78, 5) is 10.9. The third-order valence-corrected chi connectivity index (χ3v) is 2.95. The van der Waals surface area contributed by atoms with Gasteiger partial charge < -0.3 is 20.9 Å². The van der Waals surface area contributed by atoms with E-state index in [1.165, 1.54) is 7.11 Å². The molecule has 17 heavy (non-hydrogen) atoms. The smallest absolute Gasteiger partial charge is 0.234 e. The normalized spacial score (nSPS) is 12.2. The molecular formula is C11H15BrN2O3. The van der Waals surface area contributed by atoms with Crippen molar-refractivity contribution in [1.82, 2.24) is 5.32 Å². The number of phenols is 1. The maximum Gasteiger partial charge on any atom is 0.234 e. The lowest BCUT2D eigenvalue weighted by Crippen LogP contribution is -2.38. The molecule has 0 saturated heterocycles. The van der Waals surface area contributed by atoms with E-state index < -0.39 is 11.9 Å². The molecule has 0 radical (unpaired) electrons. The van der Waals surface area contributed by atoms with Crippen LogP contribution >= 0.6 is 15.9 Å². The number of methoxy groups -OCH3 is 1. The van der Waals surface area contributed by atoms with E-state index in [4.69, 9.17) is 10.5 Å². The van der Waals surface area contributed by atoms with Gasteiger partial charge in [0, 0.05) is 6.54 Å². The molecule has 6 heteroatoms. The number of halogens is 1. The Kier molecular flexibility index (Phi) is 4.77. The predicted molar refractivity (Wildman–Crippen MR) is 67.9 cm³/mol. The molecule has 0 aliphatic rings. The second-order valence-electron chi connectivity index (χ2n) is 3.63. The van der Waals surface area contributed by atoms with E-state index in [1.807, 2.05) is 0 Å². The Morgan fingerprint density at radius 2 is 2.29 bits per heavy atom. The first kappa shape index (κ1) is 13.8. The maximum atomic E-state index is 10.9. The van der Waals surface area contributed by atoms with Gasteiger partial charge in [0.15, 0.2) is 11.5 Å². The molecule has 0 aliphatic carbocycles. The molecular weight excluding hydrogens is 288 g/mol. The summed E-state index contributed by atoms with van der Waals surface area (Å²) in [6.45, 7) is 2.15. The van der Waals surface area contributed by atoms with Gasteiger partial charge in [-0.2, -0.15) is 0 Å². The van der Waals surface area contributed by atoms with Gasteiger partial charge in [-0.3, -0.25) is 4.79 Å². The summed E-state index contributed by atoms with van der Waals surface area (Å²) in [6, 6.07) is 3.04. The molecule has 0 fully saturated rings. The number of ether oxygens (including phenoxy) is 1. The van der Waals surface area contributed by atoms with Gasteiger partial charge in [0.1, 0.15) is 0 Å². The molecule has 0 heterocycles. The van der Waals surface area contributed by atoms with Crippen LogP contribution in [0.25, 0.3) is 0 Å². The van der Waals surface area contributed by atoms with Crippen LogP contribution in [-0.2, 0) is 11.3 Å². The van der Waals surface area contributed by atoms with E-state index in [0.29, 0.717) is 16.8 Å². The summed E-state index contributed by atoms with van der Waals surface area (Å²) in [7, 11) is 1.48. The molecule has 0 bridgehead atoms. The van der Waals surface area contributed by atoms with Crippen molar-refractivity contribution in [2.75, 3.05) is 7.11 Å². The van der Waals surface area contributed by atoms with E-state index in [1.54, 1.807) is 19.1 Å². The van der Waals surface area contributed by atoms with Crippen LogP contribution in [0.3, 0.4) is 0 Å². The Bertz CT molecular complexity index is 423. The molecule has 1 amide bonds. The maximum absolute atomic E-state index is 10.9. The van der Waals surface area contributed by atoms with Crippen molar-refractivity contribution in [3.63, 3.8) is 0 Å². The van der Waals surface area contributed by atoms with Crippen LogP contribution < -0.4 is 15.8 Å². The van der Waals surface area contributed by atoms with Crippen LogP contribution in [0.15, 0.2) is 16.6 Å². The molecule has 0 spiro atoms. The van der Waals surface area contributed by atoms with Gasteiger partial charge in [0.05, 0.1) is 17.6 Å². The molecule has 0 aliphatic heterocycles. The van der Waals surface area contributed by atoms with Gasteiger partial charge in [-0.1, -0.05) is 0 Å². The average molecular weight is 303 g/mol. The highest BCUT2D eigenvalue weighted by molar-refractivity contribution is 9.10. The van der Waals surface area contributed by atoms with Crippen LogP contribution in [0.1, 0.15) is 12.5 Å². The molecule has 5 nitrogen and oxygen atoms in total. The fourth-order valence-electron chi connectivity index (χ4n) is 1.26. The lowest BCUT2D eigenvalue weighted by molar-refractivity contribution is -0.119. The van der Waals surface area contributed by atoms with E-state index >= 15 is 0 Å². The number of nitrogens with two attached hydrogens (primary N) is 1. The van der Waals surface area contributed by atoms with Gasteiger partial charge in [-0.05, 0) is 40.5 Å². The Hall–Kier alpha value is -1.27. The number of benzene rings is 1. The van der Waals surface area contributed by atoms with Crippen LogP contribution in [0.5, 0.6) is 11.5 Å². The van der Waals surface area contributed by atoms with Crippen molar-refractivity contribution in [2.45, 2.75) is 19.5 Å².